The standard InChI is InChI=1S/C19H15NO3/c21-18(20-15-11-9-14(10-12-15)19(22)23)17-8-4-3-7-16(17)13-5-1-2-6-13/h1-13H,(H,20,21)(H,22,23). The predicted octanol–water partition coefficient (Wildman–Crippen LogP) is 3.85. The lowest BCUT2D eigenvalue weighted by atomic mass is 9.95. The Balaban J connectivity index is 1.82. The van der Waals surface area contributed by atoms with Crippen LogP contribution in [0, 0.1) is 0 Å². The maximum absolute atomic E-state index is 12.5. The molecule has 3 rings (SSSR count). The smallest absolute Gasteiger partial charge is 0.335 e. The van der Waals surface area contributed by atoms with Crippen LogP contribution >= 0.6 is 0 Å². The Hall–Kier alpha value is -3.14. The summed E-state index contributed by atoms with van der Waals surface area (Å²) in [5.74, 6) is -1.10. The molecular formula is C19H15NO3. The van der Waals surface area contributed by atoms with Crippen molar-refractivity contribution >= 4 is 17.6 Å². The summed E-state index contributed by atoms with van der Waals surface area (Å²) in [7, 11) is 0. The van der Waals surface area contributed by atoms with Crippen LogP contribution in [0.25, 0.3) is 0 Å². The minimum Gasteiger partial charge on any atom is -0.478 e. The Morgan fingerprint density at radius 1 is 0.913 bits per heavy atom. The summed E-state index contributed by atoms with van der Waals surface area (Å²) in [6.45, 7) is 0. The molecule has 23 heavy (non-hydrogen) atoms. The normalized spacial score (nSPS) is 13.2. The fraction of sp³-hybridized carbons (Fsp3) is 0.0526. The molecule has 0 aliphatic heterocycles. The van der Waals surface area contributed by atoms with Gasteiger partial charge in [0.2, 0.25) is 0 Å². The van der Waals surface area contributed by atoms with Crippen molar-refractivity contribution in [1.29, 1.82) is 0 Å². The Kier molecular flexibility index (Phi) is 4.06. The van der Waals surface area contributed by atoms with E-state index in [-0.39, 0.29) is 17.4 Å². The van der Waals surface area contributed by atoms with Crippen LogP contribution in [-0.2, 0) is 0 Å². The molecule has 2 aromatic carbocycles. The van der Waals surface area contributed by atoms with E-state index in [9.17, 15) is 9.59 Å². The number of hydrogen-bond donors (Lipinski definition) is 2. The van der Waals surface area contributed by atoms with Gasteiger partial charge in [0, 0.05) is 17.2 Å². The molecule has 2 N–H and O–H groups in total. The van der Waals surface area contributed by atoms with Crippen molar-refractivity contribution in [1.82, 2.24) is 0 Å². The second-order valence-corrected chi connectivity index (χ2v) is 5.22. The molecule has 0 saturated heterocycles. The van der Waals surface area contributed by atoms with Gasteiger partial charge in [-0.25, -0.2) is 4.79 Å². The van der Waals surface area contributed by atoms with Gasteiger partial charge >= 0.3 is 5.97 Å². The zero-order chi connectivity index (χ0) is 16.2. The summed E-state index contributed by atoms with van der Waals surface area (Å²) in [5.41, 5.74) is 2.30. The third kappa shape index (κ3) is 3.21. The number of carboxylic acid groups (broad SMARTS) is 1. The van der Waals surface area contributed by atoms with Crippen molar-refractivity contribution in [3.05, 3.63) is 89.5 Å². The lowest BCUT2D eigenvalue weighted by molar-refractivity contribution is 0.0696. The molecule has 4 nitrogen and oxygen atoms in total. The molecule has 0 heterocycles. The van der Waals surface area contributed by atoms with Crippen molar-refractivity contribution in [3.63, 3.8) is 0 Å². The highest BCUT2D eigenvalue weighted by Crippen LogP contribution is 2.26. The van der Waals surface area contributed by atoms with Crippen molar-refractivity contribution < 1.29 is 14.7 Å². The average Bonchev–Trinajstić information content (AvgIpc) is 3.09. The highest BCUT2D eigenvalue weighted by atomic mass is 16.4. The van der Waals surface area contributed by atoms with E-state index >= 15 is 0 Å². The number of allylic oxidation sites excluding steroid dienone is 4. The molecule has 0 spiro atoms. The van der Waals surface area contributed by atoms with E-state index in [0.717, 1.165) is 5.56 Å². The molecule has 0 aromatic heterocycles. The van der Waals surface area contributed by atoms with E-state index in [4.69, 9.17) is 5.11 Å². The van der Waals surface area contributed by atoms with E-state index in [0.29, 0.717) is 11.3 Å². The number of hydrogen-bond acceptors (Lipinski definition) is 2. The van der Waals surface area contributed by atoms with Crippen molar-refractivity contribution in [2.75, 3.05) is 5.32 Å². The van der Waals surface area contributed by atoms with Gasteiger partial charge in [-0.2, -0.15) is 0 Å². The monoisotopic (exact) mass is 305 g/mol. The van der Waals surface area contributed by atoms with Crippen LogP contribution in [0.3, 0.4) is 0 Å². The third-order valence-electron chi connectivity index (χ3n) is 3.70. The summed E-state index contributed by atoms with van der Waals surface area (Å²) >= 11 is 0. The third-order valence-corrected chi connectivity index (χ3v) is 3.70. The summed E-state index contributed by atoms with van der Waals surface area (Å²) in [6, 6.07) is 13.6. The Morgan fingerprint density at radius 3 is 2.22 bits per heavy atom. The first-order valence-electron chi connectivity index (χ1n) is 7.24. The minimum absolute atomic E-state index is 0.103. The van der Waals surface area contributed by atoms with Crippen LogP contribution in [0.2, 0.25) is 0 Å². The first-order valence-corrected chi connectivity index (χ1v) is 7.24. The first-order chi connectivity index (χ1) is 11.1. The number of aromatic carboxylic acids is 1. The number of anilines is 1. The van der Waals surface area contributed by atoms with Gasteiger partial charge in [-0.15, -0.1) is 0 Å². The number of rotatable bonds is 4. The molecule has 114 valence electrons. The second-order valence-electron chi connectivity index (χ2n) is 5.22. The molecular weight excluding hydrogens is 290 g/mol. The van der Waals surface area contributed by atoms with Gasteiger partial charge in [-0.3, -0.25) is 4.79 Å². The number of nitrogens with one attached hydrogen (secondary N) is 1. The Bertz CT molecular complexity index is 792. The van der Waals surface area contributed by atoms with Crippen molar-refractivity contribution in [2.24, 2.45) is 0 Å². The largest absolute Gasteiger partial charge is 0.478 e. The van der Waals surface area contributed by atoms with Gasteiger partial charge in [0.15, 0.2) is 0 Å². The topological polar surface area (TPSA) is 66.4 Å². The van der Waals surface area contributed by atoms with Gasteiger partial charge in [-0.1, -0.05) is 42.5 Å². The predicted molar refractivity (Wildman–Crippen MR) is 88.8 cm³/mol. The van der Waals surface area contributed by atoms with Crippen LogP contribution in [0.4, 0.5) is 5.69 Å². The molecule has 0 saturated carbocycles. The zero-order valence-corrected chi connectivity index (χ0v) is 12.3. The van der Waals surface area contributed by atoms with Crippen LogP contribution in [-0.4, -0.2) is 17.0 Å². The summed E-state index contributed by atoms with van der Waals surface area (Å²) in [4.78, 5) is 23.4. The van der Waals surface area contributed by atoms with E-state index in [1.54, 1.807) is 18.2 Å². The van der Waals surface area contributed by atoms with E-state index < -0.39 is 5.97 Å². The molecule has 0 atom stereocenters. The average molecular weight is 305 g/mol. The molecule has 0 fully saturated rings. The van der Waals surface area contributed by atoms with Gasteiger partial charge < -0.3 is 10.4 Å². The number of carboxylic acids is 1. The van der Waals surface area contributed by atoms with E-state index in [2.05, 4.69) is 5.32 Å². The lowest BCUT2D eigenvalue weighted by Crippen LogP contribution is -2.15. The quantitative estimate of drug-likeness (QED) is 0.901. The van der Waals surface area contributed by atoms with Crippen molar-refractivity contribution in [3.8, 4) is 0 Å². The summed E-state index contributed by atoms with van der Waals surface area (Å²) in [6.07, 6.45) is 8.00. The van der Waals surface area contributed by atoms with Crippen LogP contribution in [0.1, 0.15) is 32.2 Å². The number of benzene rings is 2. The fourth-order valence-electron chi connectivity index (χ4n) is 2.53. The molecule has 1 amide bonds. The highest BCUT2D eigenvalue weighted by molar-refractivity contribution is 6.05. The van der Waals surface area contributed by atoms with Crippen molar-refractivity contribution in [2.45, 2.75) is 5.92 Å². The van der Waals surface area contributed by atoms with Gasteiger partial charge in [0.25, 0.3) is 5.91 Å². The van der Waals surface area contributed by atoms with Gasteiger partial charge in [0.05, 0.1) is 5.56 Å². The highest BCUT2D eigenvalue weighted by Gasteiger charge is 2.16. The first kappa shape index (κ1) is 14.8. The lowest BCUT2D eigenvalue weighted by Gasteiger charge is -2.13. The van der Waals surface area contributed by atoms with Gasteiger partial charge in [0.1, 0.15) is 0 Å². The molecule has 2 aromatic rings. The second kappa shape index (κ2) is 6.32. The molecule has 0 radical (unpaired) electrons. The summed E-state index contributed by atoms with van der Waals surface area (Å²) < 4.78 is 0. The SMILES string of the molecule is O=C(O)c1ccc(NC(=O)c2ccccc2C2C=CC=C2)cc1. The minimum atomic E-state index is -0.993. The van der Waals surface area contributed by atoms with Crippen LogP contribution < -0.4 is 5.32 Å². The van der Waals surface area contributed by atoms with Crippen LogP contribution in [0.5, 0.6) is 0 Å². The molecule has 1 aliphatic rings. The number of amides is 1. The summed E-state index contributed by atoms with van der Waals surface area (Å²) in [5, 5.41) is 11.7. The number of carbonyl (C=O) groups excluding carboxylic acids is 1. The zero-order valence-electron chi connectivity index (χ0n) is 12.3. The maximum Gasteiger partial charge on any atom is 0.335 e. The van der Waals surface area contributed by atoms with Gasteiger partial charge in [-0.05, 0) is 35.9 Å². The molecule has 0 unspecified atom stereocenters. The van der Waals surface area contributed by atoms with E-state index in [1.807, 2.05) is 42.5 Å². The Morgan fingerprint density at radius 2 is 1.57 bits per heavy atom. The fourth-order valence-corrected chi connectivity index (χ4v) is 2.53. The van der Waals surface area contributed by atoms with E-state index in [1.165, 1.54) is 12.1 Å². The molecule has 4 heteroatoms. The Labute approximate surface area is 133 Å². The maximum atomic E-state index is 12.5. The number of carbonyl (C=O) groups is 2. The molecule has 0 bridgehead atoms. The molecule has 1 aliphatic carbocycles. The van der Waals surface area contributed by atoms with Crippen LogP contribution in [0.15, 0.2) is 72.8 Å².